The van der Waals surface area contributed by atoms with Crippen LogP contribution in [0.5, 0.6) is 0 Å². The van der Waals surface area contributed by atoms with Crippen LogP contribution in [0.25, 0.3) is 18.5 Å². The van der Waals surface area contributed by atoms with Crippen LogP contribution in [0.15, 0.2) is 0 Å². The Morgan fingerprint density at radius 3 is 1.03 bits per heavy atom. The molecule has 0 atom stereocenters. The van der Waals surface area contributed by atoms with Gasteiger partial charge in [-0.05, 0) is 0 Å². The van der Waals surface area contributed by atoms with Gasteiger partial charge in [0.25, 0.3) is 0 Å². The smallest absolute Gasteiger partial charge is 0.693 e. The fraction of sp³-hybridized carbons (Fsp3) is 0.643. The van der Waals surface area contributed by atoms with E-state index < -0.39 is 73.2 Å². The first-order valence-corrected chi connectivity index (χ1v) is 7.68. The van der Waals surface area contributed by atoms with Crippen molar-refractivity contribution in [1.82, 2.24) is 17.6 Å². The van der Waals surface area contributed by atoms with Crippen LogP contribution in [0.2, 0.25) is 0 Å². The molecule has 0 bridgehead atoms. The largest absolute Gasteiger partial charge is 3.00 e. The van der Waals surface area contributed by atoms with E-state index in [1.54, 1.807) is 0 Å². The second-order valence-corrected chi connectivity index (χ2v) is 5.74. The second kappa shape index (κ2) is 28.3. The SMILES string of the molecule is NC(CC(=O)[O-])(CC(=O)[O-])C(CC(=O)[O-])(CC(=O)[O-])NCC(=O)[O-].NCCN.[Fe+3].[Fe+3].[NH2-].[NH2-].[NH2-].[NH4+].[NH4+]. The van der Waals surface area contributed by atoms with Crippen molar-refractivity contribution in [3.63, 3.8) is 0 Å². The van der Waals surface area contributed by atoms with Crippen LogP contribution in [-0.2, 0) is 58.1 Å². The van der Waals surface area contributed by atoms with Gasteiger partial charge in [-0.15, -0.1) is 0 Å². The predicted molar refractivity (Wildman–Crippen MR) is 107 cm³/mol. The number of hydrogen-bond donors (Lipinski definition) is 6. The maximum Gasteiger partial charge on any atom is 3.00 e. The van der Waals surface area contributed by atoms with E-state index in [2.05, 4.69) is 0 Å². The molecular weight excluding hydrogens is 566 g/mol. The van der Waals surface area contributed by atoms with Gasteiger partial charge >= 0.3 is 34.1 Å². The Morgan fingerprint density at radius 1 is 0.600 bits per heavy atom. The van der Waals surface area contributed by atoms with E-state index in [0.29, 0.717) is 13.1 Å². The van der Waals surface area contributed by atoms with Gasteiger partial charge < -0.3 is 103 Å². The Kier molecular flexibility index (Phi) is 47.4. The number of rotatable bonds is 13. The van der Waals surface area contributed by atoms with Crippen molar-refractivity contribution in [2.45, 2.75) is 36.8 Å². The van der Waals surface area contributed by atoms with Gasteiger partial charge in [-0.1, -0.05) is 0 Å². The molecule has 35 heavy (non-hydrogen) atoms. The van der Waals surface area contributed by atoms with E-state index in [9.17, 15) is 49.5 Å². The molecular formula is C14H35Fe2N9O10. The molecule has 0 rings (SSSR count). The number of carbonyl (C=O) groups is 5. The minimum absolute atomic E-state index is 0. The van der Waals surface area contributed by atoms with Crippen molar-refractivity contribution in [3.05, 3.63) is 18.5 Å². The number of hydrogen-bond acceptors (Lipinski definition) is 14. The van der Waals surface area contributed by atoms with Crippen LogP contribution >= 0.6 is 0 Å². The zero-order chi connectivity index (χ0) is 22.5. The maximum atomic E-state index is 11.0. The Balaban J connectivity index is -0.0000000813. The average Bonchev–Trinajstić information content (AvgIpc) is 2.50. The molecule has 21 N–H and O–H groups in total. The number of carbonyl (C=O) groups excluding carboxylic acids is 5. The quantitative estimate of drug-likeness (QED) is 0.107. The minimum Gasteiger partial charge on any atom is -0.693 e. The van der Waals surface area contributed by atoms with E-state index in [-0.39, 0.29) is 64.9 Å². The van der Waals surface area contributed by atoms with Gasteiger partial charge in [0.1, 0.15) is 0 Å². The van der Waals surface area contributed by atoms with Crippen molar-refractivity contribution in [3.8, 4) is 0 Å². The molecule has 0 amide bonds. The molecule has 0 aliphatic heterocycles. The Hall–Kier alpha value is -1.97. The van der Waals surface area contributed by atoms with Crippen LogP contribution in [0.1, 0.15) is 25.7 Å². The van der Waals surface area contributed by atoms with Gasteiger partial charge in [-0.2, -0.15) is 0 Å². The topological polar surface area (TPSA) is 464 Å². The standard InChI is InChI=1S/C12H18N2O10.C2H8N2.2Fe.2H3N.3H2N/c13-11(1-6(15)16,2-7(17)18)12(3-8(19)20,4-9(21)22)14-5-10(23)24;3-1-2-4;;;;;;;/h14H,1-5,13H2,(H,15,16)(H,17,18)(H,19,20)(H,21,22)(H,23,24);1-4H2;;;2*1H3;3*1H2/q;;2*+3;;;3*-1/p-3. The molecule has 19 nitrogen and oxygen atoms in total. The van der Waals surface area contributed by atoms with Crippen molar-refractivity contribution in [2.75, 3.05) is 19.6 Å². The van der Waals surface area contributed by atoms with Crippen molar-refractivity contribution in [1.29, 1.82) is 0 Å². The predicted octanol–water partition coefficient (Wildman–Crippen LogP) is -6.88. The van der Waals surface area contributed by atoms with Gasteiger partial charge in [0.05, 0.1) is 5.97 Å². The molecule has 0 saturated carbocycles. The molecule has 0 spiro atoms. The molecule has 0 fully saturated rings. The van der Waals surface area contributed by atoms with E-state index in [0.717, 1.165) is 0 Å². The van der Waals surface area contributed by atoms with Gasteiger partial charge in [0.2, 0.25) is 0 Å². The molecule has 2 radical (unpaired) electrons. The monoisotopic (exact) mass is 601 g/mol. The summed E-state index contributed by atoms with van der Waals surface area (Å²) < 4.78 is 0. The zero-order valence-corrected chi connectivity index (χ0v) is 21.4. The summed E-state index contributed by atoms with van der Waals surface area (Å²) in [6.45, 7) is 0.0413. The van der Waals surface area contributed by atoms with Crippen LogP contribution in [0.4, 0.5) is 0 Å². The van der Waals surface area contributed by atoms with Crippen LogP contribution in [-0.4, -0.2) is 60.6 Å². The second-order valence-electron chi connectivity index (χ2n) is 5.74. The van der Waals surface area contributed by atoms with E-state index >= 15 is 0 Å². The molecule has 0 unspecified atom stereocenters. The van der Waals surface area contributed by atoms with Crippen molar-refractivity contribution in [2.24, 2.45) is 17.2 Å². The maximum absolute atomic E-state index is 11.0. The summed E-state index contributed by atoms with van der Waals surface area (Å²) in [5.74, 6) is -9.59. The number of carboxylic acids is 5. The first-order chi connectivity index (χ1) is 12.7. The Bertz CT molecular complexity index is 569. The Labute approximate surface area is 223 Å². The number of nitrogens with two attached hydrogens (primary N) is 6. The molecule has 212 valence electrons. The number of quaternary nitrogens is 2. The molecule has 0 saturated heterocycles. The first kappa shape index (κ1) is 58.7. The third kappa shape index (κ3) is 24.9. The fourth-order valence-corrected chi connectivity index (χ4v) is 2.37. The summed E-state index contributed by atoms with van der Waals surface area (Å²) in [6.07, 6.45) is -5.29. The van der Waals surface area contributed by atoms with Gasteiger partial charge in [-0.3, -0.25) is 0 Å². The van der Waals surface area contributed by atoms with Gasteiger partial charge in [0.15, 0.2) is 0 Å². The Morgan fingerprint density at radius 2 is 0.857 bits per heavy atom. The molecule has 0 aliphatic carbocycles. The molecule has 21 heteroatoms. The van der Waals surface area contributed by atoms with E-state index in [4.69, 9.17) is 17.2 Å². The normalized spacial score (nSPS) is 8.89. The molecule has 0 heterocycles. The van der Waals surface area contributed by atoms with Crippen LogP contribution in [0.3, 0.4) is 0 Å². The third-order valence-corrected chi connectivity index (χ3v) is 3.50. The van der Waals surface area contributed by atoms with E-state index in [1.165, 1.54) is 0 Å². The van der Waals surface area contributed by atoms with Crippen molar-refractivity contribution < 1.29 is 83.6 Å². The molecule has 0 aliphatic rings. The third-order valence-electron chi connectivity index (χ3n) is 3.50. The number of nitrogens with one attached hydrogen (secondary N) is 1. The summed E-state index contributed by atoms with van der Waals surface area (Å²) in [5.41, 5.74) is 10.3. The van der Waals surface area contributed by atoms with Gasteiger partial charge in [0, 0.05) is 80.3 Å². The first-order valence-electron chi connectivity index (χ1n) is 7.68. The molecule has 0 aromatic carbocycles. The average molecular weight is 601 g/mol. The fourth-order valence-electron chi connectivity index (χ4n) is 2.37. The summed E-state index contributed by atoms with van der Waals surface area (Å²) in [6, 6.07) is 0. The number of aliphatic carboxylic acids is 5. The summed E-state index contributed by atoms with van der Waals surface area (Å²) in [7, 11) is 0. The number of carboxylic acid groups (broad SMARTS) is 5. The summed E-state index contributed by atoms with van der Waals surface area (Å²) >= 11 is 0. The van der Waals surface area contributed by atoms with Crippen LogP contribution < -0.4 is 60.4 Å². The van der Waals surface area contributed by atoms with Gasteiger partial charge in [-0.25, -0.2) is 0 Å². The minimum atomic E-state index is -2.61. The summed E-state index contributed by atoms with van der Waals surface area (Å²) in [4.78, 5) is 54.2. The van der Waals surface area contributed by atoms with E-state index in [1.807, 2.05) is 5.32 Å². The summed E-state index contributed by atoms with van der Waals surface area (Å²) in [5, 5.41) is 56.2. The molecule has 0 aromatic rings. The zero-order valence-electron chi connectivity index (χ0n) is 19.2. The van der Waals surface area contributed by atoms with Crippen molar-refractivity contribution >= 4 is 29.8 Å². The van der Waals surface area contributed by atoms with Crippen LogP contribution in [0, 0.1) is 0 Å². The molecule has 0 aromatic heterocycles.